The number of aromatic carboxylic acids is 1. The van der Waals surface area contributed by atoms with E-state index in [4.69, 9.17) is 9.84 Å². The summed E-state index contributed by atoms with van der Waals surface area (Å²) in [6, 6.07) is 4.25. The van der Waals surface area contributed by atoms with Crippen molar-refractivity contribution < 1.29 is 19.0 Å². The number of anilines is 1. The van der Waals surface area contributed by atoms with E-state index in [0.29, 0.717) is 18.2 Å². The van der Waals surface area contributed by atoms with Gasteiger partial charge >= 0.3 is 5.97 Å². The molecule has 1 aromatic rings. The van der Waals surface area contributed by atoms with Crippen molar-refractivity contribution in [3.8, 4) is 0 Å². The minimum absolute atomic E-state index is 0.287. The van der Waals surface area contributed by atoms with Crippen molar-refractivity contribution in [2.75, 3.05) is 25.1 Å². The highest BCUT2D eigenvalue weighted by molar-refractivity contribution is 5.94. The summed E-state index contributed by atoms with van der Waals surface area (Å²) in [6.07, 6.45) is 1.90. The molecular formula is C13H16FNO3. The van der Waals surface area contributed by atoms with Crippen molar-refractivity contribution in [3.63, 3.8) is 0 Å². The monoisotopic (exact) mass is 253 g/mol. The number of rotatable bonds is 4. The number of benzene rings is 1. The maximum Gasteiger partial charge on any atom is 0.340 e. The average Bonchev–Trinajstić information content (AvgIpc) is 2.37. The molecule has 0 unspecified atom stereocenters. The van der Waals surface area contributed by atoms with E-state index in [1.54, 1.807) is 6.07 Å². The molecule has 1 aliphatic rings. The molecule has 2 rings (SSSR count). The van der Waals surface area contributed by atoms with Crippen molar-refractivity contribution in [3.05, 3.63) is 29.6 Å². The zero-order valence-electron chi connectivity index (χ0n) is 9.99. The number of hydrogen-bond acceptors (Lipinski definition) is 3. The third-order valence-corrected chi connectivity index (χ3v) is 3.15. The maximum atomic E-state index is 13.4. The van der Waals surface area contributed by atoms with Gasteiger partial charge in [-0.1, -0.05) is 6.07 Å². The van der Waals surface area contributed by atoms with Gasteiger partial charge in [0.2, 0.25) is 0 Å². The molecule has 0 aromatic heterocycles. The van der Waals surface area contributed by atoms with Gasteiger partial charge in [0.25, 0.3) is 0 Å². The van der Waals surface area contributed by atoms with E-state index >= 15 is 0 Å². The van der Waals surface area contributed by atoms with E-state index in [1.807, 2.05) is 0 Å². The minimum Gasteiger partial charge on any atom is -0.478 e. The minimum atomic E-state index is -1.25. The van der Waals surface area contributed by atoms with Crippen LogP contribution in [0.15, 0.2) is 18.2 Å². The van der Waals surface area contributed by atoms with Crippen LogP contribution in [0.4, 0.5) is 10.1 Å². The van der Waals surface area contributed by atoms with E-state index in [9.17, 15) is 9.18 Å². The van der Waals surface area contributed by atoms with Crippen molar-refractivity contribution >= 4 is 11.7 Å². The van der Waals surface area contributed by atoms with Gasteiger partial charge in [-0.2, -0.15) is 0 Å². The number of nitrogens with one attached hydrogen (secondary N) is 1. The molecule has 0 saturated carbocycles. The predicted octanol–water partition coefficient (Wildman–Crippen LogP) is 2.36. The van der Waals surface area contributed by atoms with Crippen molar-refractivity contribution in [2.24, 2.45) is 5.92 Å². The second kappa shape index (κ2) is 5.82. The summed E-state index contributed by atoms with van der Waals surface area (Å²) in [7, 11) is 0. The summed E-state index contributed by atoms with van der Waals surface area (Å²) in [4.78, 5) is 11.0. The molecule has 0 atom stereocenters. The molecule has 0 radical (unpaired) electrons. The first-order valence-electron chi connectivity index (χ1n) is 6.02. The smallest absolute Gasteiger partial charge is 0.340 e. The Morgan fingerprint density at radius 1 is 1.44 bits per heavy atom. The quantitative estimate of drug-likeness (QED) is 0.864. The van der Waals surface area contributed by atoms with E-state index in [2.05, 4.69) is 5.32 Å². The molecule has 1 fully saturated rings. The average molecular weight is 253 g/mol. The first-order valence-corrected chi connectivity index (χ1v) is 6.02. The Kier molecular flexibility index (Phi) is 4.15. The second-order valence-corrected chi connectivity index (χ2v) is 4.40. The normalized spacial score (nSPS) is 16.5. The van der Waals surface area contributed by atoms with Gasteiger partial charge in [-0.3, -0.25) is 0 Å². The van der Waals surface area contributed by atoms with Crippen LogP contribution in [0.5, 0.6) is 0 Å². The lowest BCUT2D eigenvalue weighted by molar-refractivity contribution is 0.0686. The van der Waals surface area contributed by atoms with Gasteiger partial charge in [0.05, 0.1) is 5.69 Å². The molecule has 4 nitrogen and oxygen atoms in total. The van der Waals surface area contributed by atoms with Gasteiger partial charge in [0, 0.05) is 19.8 Å². The van der Waals surface area contributed by atoms with Gasteiger partial charge in [-0.05, 0) is 30.9 Å². The summed E-state index contributed by atoms with van der Waals surface area (Å²) in [6.45, 7) is 2.12. The molecule has 18 heavy (non-hydrogen) atoms. The van der Waals surface area contributed by atoms with Gasteiger partial charge < -0.3 is 15.2 Å². The predicted molar refractivity (Wildman–Crippen MR) is 65.4 cm³/mol. The van der Waals surface area contributed by atoms with E-state index in [1.165, 1.54) is 6.07 Å². The largest absolute Gasteiger partial charge is 0.478 e. The first-order chi connectivity index (χ1) is 8.68. The van der Waals surface area contributed by atoms with E-state index in [-0.39, 0.29) is 5.56 Å². The molecule has 2 N–H and O–H groups in total. The van der Waals surface area contributed by atoms with E-state index in [0.717, 1.165) is 32.1 Å². The van der Waals surface area contributed by atoms with Crippen LogP contribution in [0.25, 0.3) is 0 Å². The van der Waals surface area contributed by atoms with Crippen LogP contribution in [0.1, 0.15) is 23.2 Å². The molecule has 0 aliphatic carbocycles. The van der Waals surface area contributed by atoms with E-state index < -0.39 is 11.8 Å². The van der Waals surface area contributed by atoms with Gasteiger partial charge in [-0.25, -0.2) is 9.18 Å². The summed E-state index contributed by atoms with van der Waals surface area (Å²) >= 11 is 0. The molecular weight excluding hydrogens is 237 g/mol. The highest BCUT2D eigenvalue weighted by Crippen LogP contribution is 2.21. The zero-order chi connectivity index (χ0) is 13.0. The number of carboxylic acid groups (broad SMARTS) is 1. The molecule has 5 heteroatoms. The highest BCUT2D eigenvalue weighted by atomic mass is 19.1. The van der Waals surface area contributed by atoms with Gasteiger partial charge in [0.1, 0.15) is 11.4 Å². The SMILES string of the molecule is O=C(O)c1c(F)cccc1NCC1CCOCC1. The Hall–Kier alpha value is -1.62. The molecule has 0 spiro atoms. The molecule has 0 bridgehead atoms. The van der Waals surface area contributed by atoms with Crippen LogP contribution in [0.2, 0.25) is 0 Å². The van der Waals surface area contributed by atoms with Crippen molar-refractivity contribution in [2.45, 2.75) is 12.8 Å². The van der Waals surface area contributed by atoms with Crippen molar-refractivity contribution in [1.29, 1.82) is 0 Å². The number of carboxylic acids is 1. The Bertz CT molecular complexity index is 430. The third kappa shape index (κ3) is 2.98. The summed E-state index contributed by atoms with van der Waals surface area (Å²) in [5, 5.41) is 12.0. The topological polar surface area (TPSA) is 58.6 Å². The van der Waals surface area contributed by atoms with Crippen LogP contribution in [-0.2, 0) is 4.74 Å². The lowest BCUT2D eigenvalue weighted by Gasteiger charge is -2.23. The Balaban J connectivity index is 2.04. The standard InChI is InChI=1S/C13H16FNO3/c14-10-2-1-3-11(12(10)13(16)17)15-8-9-4-6-18-7-5-9/h1-3,9,15H,4-8H2,(H,16,17). The Morgan fingerprint density at radius 3 is 2.83 bits per heavy atom. The highest BCUT2D eigenvalue weighted by Gasteiger charge is 2.18. The molecule has 1 saturated heterocycles. The fraction of sp³-hybridized carbons (Fsp3) is 0.462. The van der Waals surface area contributed by atoms with Crippen LogP contribution >= 0.6 is 0 Å². The van der Waals surface area contributed by atoms with Gasteiger partial charge in [-0.15, -0.1) is 0 Å². The Morgan fingerprint density at radius 2 is 2.17 bits per heavy atom. The Labute approximate surface area is 105 Å². The van der Waals surface area contributed by atoms with Crippen LogP contribution in [0.3, 0.4) is 0 Å². The fourth-order valence-corrected chi connectivity index (χ4v) is 2.09. The molecule has 1 heterocycles. The number of halogens is 1. The first kappa shape index (κ1) is 12.8. The summed E-state index contributed by atoms with van der Waals surface area (Å²) < 4.78 is 18.7. The van der Waals surface area contributed by atoms with Crippen LogP contribution < -0.4 is 5.32 Å². The number of hydrogen-bond donors (Lipinski definition) is 2. The van der Waals surface area contributed by atoms with Crippen LogP contribution in [0, 0.1) is 11.7 Å². The van der Waals surface area contributed by atoms with Crippen LogP contribution in [-0.4, -0.2) is 30.8 Å². The zero-order valence-corrected chi connectivity index (χ0v) is 9.99. The molecule has 1 aromatic carbocycles. The molecule has 1 aliphatic heterocycles. The maximum absolute atomic E-state index is 13.4. The van der Waals surface area contributed by atoms with Gasteiger partial charge in [0.15, 0.2) is 0 Å². The third-order valence-electron chi connectivity index (χ3n) is 3.15. The fourth-order valence-electron chi connectivity index (χ4n) is 2.09. The lowest BCUT2D eigenvalue weighted by Crippen LogP contribution is -2.23. The molecule has 98 valence electrons. The second-order valence-electron chi connectivity index (χ2n) is 4.40. The van der Waals surface area contributed by atoms with Crippen molar-refractivity contribution in [1.82, 2.24) is 0 Å². The number of ether oxygens (including phenoxy) is 1. The molecule has 0 amide bonds. The summed E-state index contributed by atoms with van der Waals surface area (Å²) in [5.41, 5.74) is 0.0542. The summed E-state index contributed by atoms with van der Waals surface area (Å²) in [5.74, 6) is -1.51. The number of carbonyl (C=O) groups is 1. The lowest BCUT2D eigenvalue weighted by atomic mass is 10.00.